The first-order valence-corrected chi connectivity index (χ1v) is 7.70. The Morgan fingerprint density at radius 2 is 2.15 bits per heavy atom. The van der Waals surface area contributed by atoms with E-state index >= 15 is 0 Å². The number of hydrogen-bond donors (Lipinski definition) is 1. The molecule has 0 bridgehead atoms. The summed E-state index contributed by atoms with van der Waals surface area (Å²) < 4.78 is 5.28. The molecular formula is C13H17ClN4OS. The van der Waals surface area contributed by atoms with Gasteiger partial charge in [0, 0.05) is 4.88 Å². The number of hydrogen-bond acceptors (Lipinski definition) is 6. The topological polar surface area (TPSA) is 59.9 Å². The van der Waals surface area contributed by atoms with Crippen LogP contribution in [0.3, 0.4) is 0 Å². The van der Waals surface area contributed by atoms with E-state index in [1.807, 2.05) is 13.0 Å². The average Bonchev–Trinajstić information content (AvgIpc) is 2.89. The Kier molecular flexibility index (Phi) is 5.14. The van der Waals surface area contributed by atoms with E-state index in [1.54, 1.807) is 11.3 Å². The summed E-state index contributed by atoms with van der Waals surface area (Å²) in [5, 5.41) is 5.48. The summed E-state index contributed by atoms with van der Waals surface area (Å²) in [6, 6.07) is 4.49. The van der Waals surface area contributed by atoms with Crippen LogP contribution in [0.1, 0.15) is 31.7 Å². The number of anilines is 1. The molecule has 1 atom stereocenters. The highest BCUT2D eigenvalue weighted by molar-refractivity contribution is 7.10. The molecule has 0 saturated carbocycles. The fourth-order valence-corrected chi connectivity index (χ4v) is 2.87. The van der Waals surface area contributed by atoms with Gasteiger partial charge in [0.2, 0.25) is 11.2 Å². The monoisotopic (exact) mass is 312 g/mol. The van der Waals surface area contributed by atoms with E-state index in [9.17, 15) is 0 Å². The number of aromatic nitrogens is 3. The molecule has 1 unspecified atom stereocenters. The van der Waals surface area contributed by atoms with Crippen LogP contribution in [0.4, 0.5) is 5.95 Å². The molecule has 1 N–H and O–H groups in total. The van der Waals surface area contributed by atoms with Gasteiger partial charge >= 0.3 is 6.01 Å². The van der Waals surface area contributed by atoms with Gasteiger partial charge in [-0.1, -0.05) is 19.9 Å². The fourth-order valence-electron chi connectivity index (χ4n) is 1.76. The summed E-state index contributed by atoms with van der Waals surface area (Å²) in [6.07, 6.45) is 0. The minimum absolute atomic E-state index is 0.125. The van der Waals surface area contributed by atoms with Crippen LogP contribution in [0.15, 0.2) is 17.5 Å². The summed E-state index contributed by atoms with van der Waals surface area (Å²) in [4.78, 5) is 13.5. The molecule has 7 heteroatoms. The Morgan fingerprint density at radius 3 is 2.75 bits per heavy atom. The lowest BCUT2D eigenvalue weighted by molar-refractivity contribution is 0.311. The molecule has 0 saturated heterocycles. The van der Waals surface area contributed by atoms with Gasteiger partial charge in [-0.25, -0.2) is 0 Å². The third-order valence-electron chi connectivity index (χ3n) is 2.66. The summed E-state index contributed by atoms with van der Waals surface area (Å²) >= 11 is 7.59. The Hall–Kier alpha value is -1.40. The number of rotatable bonds is 6. The Bertz CT molecular complexity index is 547. The first-order valence-electron chi connectivity index (χ1n) is 6.44. The van der Waals surface area contributed by atoms with Crippen molar-refractivity contribution in [3.8, 4) is 6.01 Å². The second-order valence-electron chi connectivity index (χ2n) is 4.53. The van der Waals surface area contributed by atoms with E-state index in [-0.39, 0.29) is 17.3 Å². The summed E-state index contributed by atoms with van der Waals surface area (Å²) in [6.45, 7) is 6.64. The van der Waals surface area contributed by atoms with Crippen molar-refractivity contribution >= 4 is 28.9 Å². The smallest absolute Gasteiger partial charge is 0.322 e. The molecule has 0 radical (unpaired) electrons. The van der Waals surface area contributed by atoms with Crippen molar-refractivity contribution in [2.24, 2.45) is 5.92 Å². The highest BCUT2D eigenvalue weighted by Crippen LogP contribution is 2.29. The second kappa shape index (κ2) is 6.85. The molecule has 2 heterocycles. The molecule has 0 aromatic carbocycles. The molecular weight excluding hydrogens is 296 g/mol. The van der Waals surface area contributed by atoms with Gasteiger partial charge in [-0.05, 0) is 35.9 Å². The predicted molar refractivity (Wildman–Crippen MR) is 81.5 cm³/mol. The Balaban J connectivity index is 2.22. The van der Waals surface area contributed by atoms with E-state index in [0.717, 1.165) is 0 Å². The SMILES string of the molecule is CCOc1nc(Cl)nc(NC(c2cccs2)C(C)C)n1. The van der Waals surface area contributed by atoms with Crippen LogP contribution in [-0.4, -0.2) is 21.6 Å². The highest BCUT2D eigenvalue weighted by atomic mass is 35.5. The van der Waals surface area contributed by atoms with E-state index in [2.05, 4.69) is 45.6 Å². The van der Waals surface area contributed by atoms with Crippen molar-refractivity contribution < 1.29 is 4.74 Å². The molecule has 0 amide bonds. The molecule has 0 spiro atoms. The fraction of sp³-hybridized carbons (Fsp3) is 0.462. The van der Waals surface area contributed by atoms with Crippen LogP contribution in [0, 0.1) is 5.92 Å². The van der Waals surface area contributed by atoms with E-state index in [4.69, 9.17) is 16.3 Å². The molecule has 5 nitrogen and oxygen atoms in total. The van der Waals surface area contributed by atoms with Gasteiger partial charge in [0.15, 0.2) is 0 Å². The lowest BCUT2D eigenvalue weighted by atomic mass is 10.0. The van der Waals surface area contributed by atoms with Crippen LogP contribution in [0.5, 0.6) is 6.01 Å². The van der Waals surface area contributed by atoms with Crippen LogP contribution < -0.4 is 10.1 Å². The molecule has 20 heavy (non-hydrogen) atoms. The van der Waals surface area contributed by atoms with Crippen molar-refractivity contribution in [1.29, 1.82) is 0 Å². The molecule has 108 valence electrons. The zero-order valence-corrected chi connectivity index (χ0v) is 13.2. The van der Waals surface area contributed by atoms with Crippen molar-refractivity contribution in [1.82, 2.24) is 15.0 Å². The largest absolute Gasteiger partial charge is 0.464 e. The molecule has 2 rings (SSSR count). The van der Waals surface area contributed by atoms with Gasteiger partial charge < -0.3 is 10.1 Å². The number of nitrogens with zero attached hydrogens (tertiary/aromatic N) is 3. The molecule has 0 fully saturated rings. The minimum atomic E-state index is 0.125. The molecule has 0 aliphatic heterocycles. The number of nitrogens with one attached hydrogen (secondary N) is 1. The maximum absolute atomic E-state index is 5.89. The Morgan fingerprint density at radius 1 is 1.35 bits per heavy atom. The van der Waals surface area contributed by atoms with Gasteiger partial charge in [0.25, 0.3) is 0 Å². The molecule has 0 aliphatic carbocycles. The quantitative estimate of drug-likeness (QED) is 0.879. The van der Waals surface area contributed by atoms with Crippen LogP contribution >= 0.6 is 22.9 Å². The van der Waals surface area contributed by atoms with Gasteiger partial charge in [0.05, 0.1) is 12.6 Å². The van der Waals surface area contributed by atoms with Gasteiger partial charge in [-0.2, -0.15) is 15.0 Å². The van der Waals surface area contributed by atoms with Gasteiger partial charge in [0.1, 0.15) is 0 Å². The number of thiophene rings is 1. The second-order valence-corrected chi connectivity index (χ2v) is 5.84. The van der Waals surface area contributed by atoms with Crippen molar-refractivity contribution in [3.63, 3.8) is 0 Å². The molecule has 0 aliphatic rings. The summed E-state index contributed by atoms with van der Waals surface area (Å²) in [5.74, 6) is 0.820. The van der Waals surface area contributed by atoms with E-state index in [0.29, 0.717) is 18.5 Å². The first kappa shape index (κ1) is 15.0. The van der Waals surface area contributed by atoms with Crippen molar-refractivity contribution in [3.05, 3.63) is 27.7 Å². The molecule has 2 aromatic heterocycles. The maximum atomic E-state index is 5.89. The number of halogens is 1. The summed E-state index contributed by atoms with van der Waals surface area (Å²) in [5.41, 5.74) is 0. The van der Waals surface area contributed by atoms with Crippen LogP contribution in [0.25, 0.3) is 0 Å². The molecule has 2 aromatic rings. The van der Waals surface area contributed by atoms with Gasteiger partial charge in [-0.15, -0.1) is 11.3 Å². The Labute approximate surface area is 127 Å². The zero-order valence-electron chi connectivity index (χ0n) is 11.6. The number of ether oxygens (including phenoxy) is 1. The zero-order chi connectivity index (χ0) is 14.5. The van der Waals surface area contributed by atoms with Crippen LogP contribution in [-0.2, 0) is 0 Å². The third-order valence-corrected chi connectivity index (χ3v) is 3.79. The predicted octanol–water partition coefficient (Wildman–Crippen LogP) is 3.79. The van der Waals surface area contributed by atoms with Crippen molar-refractivity contribution in [2.45, 2.75) is 26.8 Å². The third kappa shape index (κ3) is 3.80. The summed E-state index contributed by atoms with van der Waals surface area (Å²) in [7, 11) is 0. The first-order chi connectivity index (χ1) is 9.60. The van der Waals surface area contributed by atoms with E-state index < -0.39 is 0 Å². The standard InChI is InChI=1S/C13H17ClN4OS/c1-4-19-13-17-11(14)16-12(18-13)15-10(8(2)3)9-6-5-7-20-9/h5-8,10H,4H2,1-3H3,(H,15,16,17,18). The highest BCUT2D eigenvalue weighted by Gasteiger charge is 2.18. The normalized spacial score (nSPS) is 12.4. The van der Waals surface area contributed by atoms with Crippen LogP contribution in [0.2, 0.25) is 5.28 Å². The van der Waals surface area contributed by atoms with E-state index in [1.165, 1.54) is 4.88 Å². The lowest BCUT2D eigenvalue weighted by Gasteiger charge is -2.21. The average molecular weight is 313 g/mol. The lowest BCUT2D eigenvalue weighted by Crippen LogP contribution is -2.18. The maximum Gasteiger partial charge on any atom is 0.322 e. The van der Waals surface area contributed by atoms with Crippen molar-refractivity contribution in [2.75, 3.05) is 11.9 Å². The van der Waals surface area contributed by atoms with Gasteiger partial charge in [-0.3, -0.25) is 0 Å². The minimum Gasteiger partial charge on any atom is -0.464 e.